The van der Waals surface area contributed by atoms with E-state index < -0.39 is 6.04 Å². The van der Waals surface area contributed by atoms with Gasteiger partial charge in [-0.3, -0.25) is 19.6 Å². The Hall–Kier alpha value is -1.89. The number of rotatable bonds is 2. The number of carbonyl (C=O) groups excluding carboxylic acids is 2. The van der Waals surface area contributed by atoms with Crippen molar-refractivity contribution in [2.45, 2.75) is 13.0 Å². The fourth-order valence-electron chi connectivity index (χ4n) is 1.59. The third kappa shape index (κ3) is 2.62. The highest BCUT2D eigenvalue weighted by Crippen LogP contribution is 2.07. The van der Waals surface area contributed by atoms with Crippen LogP contribution in [-0.4, -0.2) is 40.7 Å². The number of piperazine rings is 1. The number of aryl methyl sites for hydroxylation is 2. The van der Waals surface area contributed by atoms with Gasteiger partial charge < -0.3 is 10.6 Å². The van der Waals surface area contributed by atoms with Crippen molar-refractivity contribution in [3.63, 3.8) is 0 Å². The summed E-state index contributed by atoms with van der Waals surface area (Å²) in [5.41, 5.74) is 0.963. The molecule has 0 aromatic carbocycles. The summed E-state index contributed by atoms with van der Waals surface area (Å²) < 4.78 is 1.69. The van der Waals surface area contributed by atoms with Crippen LogP contribution in [0.1, 0.15) is 5.69 Å². The second-order valence-corrected chi connectivity index (χ2v) is 4.02. The molecule has 1 aromatic heterocycles. The van der Waals surface area contributed by atoms with Crippen molar-refractivity contribution in [1.29, 1.82) is 0 Å². The first kappa shape index (κ1) is 11.6. The zero-order chi connectivity index (χ0) is 12.4. The Kier molecular flexibility index (Phi) is 3.10. The van der Waals surface area contributed by atoms with E-state index in [0.29, 0.717) is 12.4 Å². The molecule has 17 heavy (non-hydrogen) atoms. The van der Waals surface area contributed by atoms with Crippen LogP contribution in [0.5, 0.6) is 0 Å². The van der Waals surface area contributed by atoms with Gasteiger partial charge in [-0.25, -0.2) is 0 Å². The van der Waals surface area contributed by atoms with Gasteiger partial charge in [-0.2, -0.15) is 5.10 Å². The van der Waals surface area contributed by atoms with Crippen molar-refractivity contribution in [2.75, 3.05) is 18.4 Å². The molecular weight excluding hydrogens is 222 g/mol. The number of nitrogens with one attached hydrogen (secondary N) is 3. The molecule has 1 aliphatic heterocycles. The lowest BCUT2D eigenvalue weighted by Crippen LogP contribution is -2.56. The monoisotopic (exact) mass is 237 g/mol. The first-order valence-electron chi connectivity index (χ1n) is 5.38. The molecule has 2 rings (SSSR count). The van der Waals surface area contributed by atoms with E-state index in [1.165, 1.54) is 0 Å². The number of anilines is 1. The van der Waals surface area contributed by atoms with Gasteiger partial charge in [0.05, 0.1) is 6.54 Å². The molecule has 1 fully saturated rings. The molecule has 0 spiro atoms. The molecule has 3 N–H and O–H groups in total. The highest BCUT2D eigenvalue weighted by molar-refractivity contribution is 5.95. The van der Waals surface area contributed by atoms with Crippen molar-refractivity contribution in [3.05, 3.63) is 11.8 Å². The van der Waals surface area contributed by atoms with Crippen LogP contribution < -0.4 is 16.0 Å². The van der Waals surface area contributed by atoms with Crippen LogP contribution in [-0.2, 0) is 16.6 Å². The van der Waals surface area contributed by atoms with Gasteiger partial charge in [0.1, 0.15) is 6.04 Å². The Labute approximate surface area is 98.6 Å². The molecule has 0 saturated carbocycles. The van der Waals surface area contributed by atoms with E-state index >= 15 is 0 Å². The maximum Gasteiger partial charge on any atom is 0.244 e. The largest absolute Gasteiger partial charge is 0.353 e. The summed E-state index contributed by atoms with van der Waals surface area (Å²) in [6.45, 7) is 2.37. The van der Waals surface area contributed by atoms with Crippen LogP contribution in [0.3, 0.4) is 0 Å². The highest BCUT2D eigenvalue weighted by atomic mass is 16.2. The number of amides is 2. The Balaban J connectivity index is 1.95. The predicted octanol–water partition coefficient (Wildman–Crippen LogP) is -1.24. The molecule has 0 aliphatic carbocycles. The lowest BCUT2D eigenvalue weighted by Gasteiger charge is -2.22. The van der Waals surface area contributed by atoms with Crippen molar-refractivity contribution in [1.82, 2.24) is 20.4 Å². The molecule has 1 unspecified atom stereocenters. The lowest BCUT2D eigenvalue weighted by molar-refractivity contribution is -0.124. The van der Waals surface area contributed by atoms with Crippen LogP contribution in [0.2, 0.25) is 0 Å². The zero-order valence-corrected chi connectivity index (χ0v) is 9.78. The van der Waals surface area contributed by atoms with Crippen molar-refractivity contribution in [3.8, 4) is 0 Å². The topological polar surface area (TPSA) is 88.1 Å². The van der Waals surface area contributed by atoms with Crippen LogP contribution >= 0.6 is 0 Å². The van der Waals surface area contributed by atoms with Gasteiger partial charge in [0.15, 0.2) is 5.82 Å². The minimum Gasteiger partial charge on any atom is -0.353 e. The van der Waals surface area contributed by atoms with Gasteiger partial charge in [-0.05, 0) is 6.92 Å². The summed E-state index contributed by atoms with van der Waals surface area (Å²) in [5.74, 6) is 0.236. The Morgan fingerprint density at radius 2 is 2.41 bits per heavy atom. The number of hydrogen-bond donors (Lipinski definition) is 3. The number of hydrogen-bond acceptors (Lipinski definition) is 4. The van der Waals surface area contributed by atoms with E-state index in [-0.39, 0.29) is 18.4 Å². The quantitative estimate of drug-likeness (QED) is 0.600. The summed E-state index contributed by atoms with van der Waals surface area (Å²) in [6.07, 6.45) is 0. The van der Waals surface area contributed by atoms with Gasteiger partial charge >= 0.3 is 0 Å². The van der Waals surface area contributed by atoms with Crippen LogP contribution in [0.25, 0.3) is 0 Å². The maximum absolute atomic E-state index is 11.8. The number of carbonyl (C=O) groups is 2. The molecular formula is C10H15N5O2. The number of nitrogens with zero attached hydrogens (tertiary/aromatic N) is 2. The molecule has 2 heterocycles. The fraction of sp³-hybridized carbons (Fsp3) is 0.500. The van der Waals surface area contributed by atoms with Crippen LogP contribution in [0, 0.1) is 6.92 Å². The van der Waals surface area contributed by atoms with E-state index in [1.807, 2.05) is 14.0 Å². The normalized spacial score (nSPS) is 19.9. The first-order chi connectivity index (χ1) is 8.06. The van der Waals surface area contributed by atoms with E-state index in [1.54, 1.807) is 10.7 Å². The Morgan fingerprint density at radius 3 is 2.94 bits per heavy atom. The predicted molar refractivity (Wildman–Crippen MR) is 61.4 cm³/mol. The van der Waals surface area contributed by atoms with Gasteiger partial charge in [0.25, 0.3) is 0 Å². The summed E-state index contributed by atoms with van der Waals surface area (Å²) in [6, 6.07) is 1.38. The average Bonchev–Trinajstić information content (AvgIpc) is 2.58. The third-order valence-corrected chi connectivity index (χ3v) is 2.69. The second-order valence-electron chi connectivity index (χ2n) is 4.02. The molecule has 7 nitrogen and oxygen atoms in total. The molecule has 92 valence electrons. The molecule has 0 radical (unpaired) electrons. The Morgan fingerprint density at radius 1 is 1.65 bits per heavy atom. The molecule has 7 heteroatoms. The average molecular weight is 237 g/mol. The van der Waals surface area contributed by atoms with Gasteiger partial charge in [-0.15, -0.1) is 0 Å². The van der Waals surface area contributed by atoms with Crippen molar-refractivity contribution >= 4 is 17.6 Å². The highest BCUT2D eigenvalue weighted by Gasteiger charge is 2.24. The van der Waals surface area contributed by atoms with Gasteiger partial charge in [0.2, 0.25) is 11.8 Å². The minimum atomic E-state index is -0.407. The van der Waals surface area contributed by atoms with Gasteiger partial charge in [0, 0.05) is 25.4 Å². The lowest BCUT2D eigenvalue weighted by atomic mass is 10.2. The summed E-state index contributed by atoms with van der Waals surface area (Å²) in [7, 11) is 1.81. The number of aromatic nitrogens is 2. The van der Waals surface area contributed by atoms with Crippen LogP contribution in [0.4, 0.5) is 5.82 Å². The van der Waals surface area contributed by atoms with Crippen molar-refractivity contribution < 1.29 is 9.59 Å². The van der Waals surface area contributed by atoms with Crippen molar-refractivity contribution in [2.24, 2.45) is 7.05 Å². The standard InChI is InChI=1S/C10H15N5O2/c1-6-3-8(14-15(6)2)13-10(17)7-4-12-9(16)5-11-7/h3,7,11H,4-5H2,1-2H3,(H,12,16)(H,13,14,17). The van der Waals surface area contributed by atoms with E-state index in [9.17, 15) is 9.59 Å². The molecule has 1 atom stereocenters. The van der Waals surface area contributed by atoms with E-state index in [0.717, 1.165) is 5.69 Å². The smallest absolute Gasteiger partial charge is 0.244 e. The first-order valence-corrected chi connectivity index (χ1v) is 5.38. The second kappa shape index (κ2) is 4.54. The molecule has 1 aromatic rings. The fourth-order valence-corrected chi connectivity index (χ4v) is 1.59. The third-order valence-electron chi connectivity index (χ3n) is 2.69. The van der Waals surface area contributed by atoms with Gasteiger partial charge in [-0.1, -0.05) is 0 Å². The van der Waals surface area contributed by atoms with E-state index in [2.05, 4.69) is 21.0 Å². The van der Waals surface area contributed by atoms with E-state index in [4.69, 9.17) is 0 Å². The zero-order valence-electron chi connectivity index (χ0n) is 9.78. The molecule has 1 saturated heterocycles. The molecule has 1 aliphatic rings. The summed E-state index contributed by atoms with van der Waals surface area (Å²) in [4.78, 5) is 22.7. The minimum absolute atomic E-state index is 0.0947. The summed E-state index contributed by atoms with van der Waals surface area (Å²) >= 11 is 0. The molecule has 0 bridgehead atoms. The maximum atomic E-state index is 11.8. The SMILES string of the molecule is Cc1cc(NC(=O)C2CNC(=O)CN2)nn1C. The molecule has 2 amide bonds. The summed E-state index contributed by atoms with van der Waals surface area (Å²) in [5, 5.41) is 12.3. The Bertz CT molecular complexity index is 424. The van der Waals surface area contributed by atoms with Crippen LogP contribution in [0.15, 0.2) is 6.07 Å².